The quantitative estimate of drug-likeness (QED) is 0.716. The standard InChI is InChI=1S/C13H18IN3O.ClH/c14-11-5-12(16-8-11)13(18)17-3-1-9-6-15-7-10(9)2-4-17;/h5,8-10,15-16H,1-4,6-7H2;1H/t9-,10+;. The Morgan fingerprint density at radius 2 is 1.89 bits per heavy atom. The summed E-state index contributed by atoms with van der Waals surface area (Å²) in [7, 11) is 0. The van der Waals surface area contributed by atoms with Gasteiger partial charge in [-0.05, 0) is 66.4 Å². The van der Waals surface area contributed by atoms with E-state index in [4.69, 9.17) is 0 Å². The van der Waals surface area contributed by atoms with Crippen LogP contribution in [0, 0.1) is 15.4 Å². The van der Waals surface area contributed by atoms with E-state index < -0.39 is 0 Å². The number of aromatic amines is 1. The number of rotatable bonds is 1. The molecule has 4 nitrogen and oxygen atoms in total. The number of H-pyrrole nitrogens is 1. The molecule has 1 amide bonds. The minimum Gasteiger partial charge on any atom is -0.356 e. The van der Waals surface area contributed by atoms with Crippen LogP contribution in [0.25, 0.3) is 0 Å². The number of halogens is 2. The highest BCUT2D eigenvalue weighted by Gasteiger charge is 2.31. The van der Waals surface area contributed by atoms with Crippen LogP contribution >= 0.6 is 35.0 Å². The number of amides is 1. The van der Waals surface area contributed by atoms with Crippen LogP contribution in [-0.4, -0.2) is 42.0 Å². The van der Waals surface area contributed by atoms with Crippen LogP contribution in [0.2, 0.25) is 0 Å². The van der Waals surface area contributed by atoms with Gasteiger partial charge in [0.15, 0.2) is 0 Å². The van der Waals surface area contributed by atoms with E-state index in [-0.39, 0.29) is 18.3 Å². The van der Waals surface area contributed by atoms with Crippen molar-refractivity contribution in [2.24, 2.45) is 11.8 Å². The Morgan fingerprint density at radius 3 is 2.42 bits per heavy atom. The van der Waals surface area contributed by atoms with Crippen molar-refractivity contribution >= 4 is 40.9 Å². The predicted molar refractivity (Wildman–Crippen MR) is 85.7 cm³/mol. The van der Waals surface area contributed by atoms with Gasteiger partial charge in [0.1, 0.15) is 5.69 Å². The van der Waals surface area contributed by atoms with Crippen LogP contribution in [0.4, 0.5) is 0 Å². The van der Waals surface area contributed by atoms with E-state index >= 15 is 0 Å². The van der Waals surface area contributed by atoms with Gasteiger partial charge in [-0.3, -0.25) is 4.79 Å². The summed E-state index contributed by atoms with van der Waals surface area (Å²) in [5, 5.41) is 3.46. The summed E-state index contributed by atoms with van der Waals surface area (Å²) < 4.78 is 1.09. The summed E-state index contributed by atoms with van der Waals surface area (Å²) in [5.41, 5.74) is 0.726. The molecule has 2 saturated heterocycles. The third-order valence-corrected chi connectivity index (χ3v) is 4.81. The number of hydrogen-bond acceptors (Lipinski definition) is 2. The molecule has 1 aromatic heterocycles. The van der Waals surface area contributed by atoms with E-state index in [1.165, 1.54) is 0 Å². The normalized spacial score (nSPS) is 26.5. The molecule has 3 rings (SSSR count). The predicted octanol–water partition coefficient (Wildman–Crippen LogP) is 2.11. The molecule has 0 radical (unpaired) electrons. The number of likely N-dealkylation sites (tertiary alicyclic amines) is 1. The van der Waals surface area contributed by atoms with Crippen LogP contribution in [-0.2, 0) is 0 Å². The first kappa shape index (κ1) is 15.1. The zero-order valence-electron chi connectivity index (χ0n) is 10.7. The van der Waals surface area contributed by atoms with Crippen LogP contribution in [0.5, 0.6) is 0 Å². The minimum absolute atomic E-state index is 0. The molecule has 0 spiro atoms. The molecule has 2 aliphatic heterocycles. The number of fused-ring (bicyclic) bond motifs is 1. The third-order valence-electron chi connectivity index (χ3n) is 4.18. The van der Waals surface area contributed by atoms with Gasteiger partial charge in [-0.25, -0.2) is 0 Å². The van der Waals surface area contributed by atoms with Gasteiger partial charge in [-0.15, -0.1) is 12.4 Å². The van der Waals surface area contributed by atoms with Gasteiger partial charge in [0, 0.05) is 22.9 Å². The molecule has 0 unspecified atom stereocenters. The Morgan fingerprint density at radius 1 is 1.26 bits per heavy atom. The summed E-state index contributed by atoms with van der Waals surface area (Å²) >= 11 is 2.22. The van der Waals surface area contributed by atoms with Crippen molar-refractivity contribution in [2.75, 3.05) is 26.2 Å². The van der Waals surface area contributed by atoms with Crippen molar-refractivity contribution in [1.82, 2.24) is 15.2 Å². The van der Waals surface area contributed by atoms with Crippen molar-refractivity contribution in [3.8, 4) is 0 Å². The molecule has 0 saturated carbocycles. The second kappa shape index (κ2) is 6.45. The molecule has 2 N–H and O–H groups in total. The molecule has 0 aromatic carbocycles. The fourth-order valence-electron chi connectivity index (χ4n) is 3.08. The molecular formula is C13H19ClIN3O. The first-order chi connectivity index (χ1) is 8.74. The maximum Gasteiger partial charge on any atom is 0.270 e. The smallest absolute Gasteiger partial charge is 0.270 e. The minimum atomic E-state index is 0. The van der Waals surface area contributed by atoms with Crippen LogP contribution in [0.1, 0.15) is 23.3 Å². The Kier molecular flexibility index (Phi) is 5.14. The molecule has 19 heavy (non-hydrogen) atoms. The Balaban J connectivity index is 0.00000133. The number of carbonyl (C=O) groups excluding carboxylic acids is 1. The van der Waals surface area contributed by atoms with Crippen molar-refractivity contribution in [3.05, 3.63) is 21.5 Å². The summed E-state index contributed by atoms with van der Waals surface area (Å²) in [6.45, 7) is 4.06. The van der Waals surface area contributed by atoms with E-state index in [0.717, 1.165) is 60.1 Å². The maximum atomic E-state index is 12.4. The number of carbonyl (C=O) groups is 1. The van der Waals surface area contributed by atoms with Gasteiger partial charge in [-0.2, -0.15) is 0 Å². The summed E-state index contributed by atoms with van der Waals surface area (Å²) in [6.07, 6.45) is 4.16. The van der Waals surface area contributed by atoms with E-state index in [0.29, 0.717) is 0 Å². The summed E-state index contributed by atoms with van der Waals surface area (Å²) in [6, 6.07) is 1.93. The lowest BCUT2D eigenvalue weighted by atomic mass is 9.92. The van der Waals surface area contributed by atoms with Gasteiger partial charge < -0.3 is 15.2 Å². The maximum absolute atomic E-state index is 12.4. The fraction of sp³-hybridized carbons (Fsp3) is 0.615. The average Bonchev–Trinajstić information content (AvgIpc) is 2.94. The number of aromatic nitrogens is 1. The Hall–Kier alpha value is -0.270. The Bertz CT molecular complexity index is 437. The van der Waals surface area contributed by atoms with E-state index in [1.54, 1.807) is 0 Å². The van der Waals surface area contributed by atoms with Gasteiger partial charge >= 0.3 is 0 Å². The molecule has 1 aromatic rings. The topological polar surface area (TPSA) is 48.1 Å². The summed E-state index contributed by atoms with van der Waals surface area (Å²) in [5.74, 6) is 1.70. The van der Waals surface area contributed by atoms with Crippen molar-refractivity contribution in [2.45, 2.75) is 12.8 Å². The van der Waals surface area contributed by atoms with E-state index in [9.17, 15) is 4.79 Å². The number of hydrogen-bond donors (Lipinski definition) is 2. The first-order valence-corrected chi connectivity index (χ1v) is 7.66. The second-order valence-electron chi connectivity index (χ2n) is 5.28. The zero-order valence-corrected chi connectivity index (χ0v) is 13.7. The highest BCUT2D eigenvalue weighted by Crippen LogP contribution is 2.27. The van der Waals surface area contributed by atoms with Gasteiger partial charge in [0.25, 0.3) is 5.91 Å². The second-order valence-corrected chi connectivity index (χ2v) is 6.53. The molecule has 2 atom stereocenters. The van der Waals surface area contributed by atoms with Gasteiger partial charge in [0.05, 0.1) is 0 Å². The average molecular weight is 396 g/mol. The number of nitrogens with one attached hydrogen (secondary N) is 2. The van der Waals surface area contributed by atoms with Crippen molar-refractivity contribution < 1.29 is 4.79 Å². The SMILES string of the molecule is Cl.O=C(c1cc(I)c[nH]1)N1CC[C@@H]2CNC[C@@H]2CC1. The third kappa shape index (κ3) is 3.25. The zero-order chi connectivity index (χ0) is 12.5. The molecule has 0 aliphatic carbocycles. The molecule has 2 fully saturated rings. The Labute approximate surface area is 133 Å². The molecule has 6 heteroatoms. The van der Waals surface area contributed by atoms with Gasteiger partial charge in [0.2, 0.25) is 0 Å². The van der Waals surface area contributed by atoms with Crippen LogP contribution in [0.3, 0.4) is 0 Å². The lowest BCUT2D eigenvalue weighted by Crippen LogP contribution is -2.32. The van der Waals surface area contributed by atoms with E-state index in [1.807, 2.05) is 17.2 Å². The summed E-state index contributed by atoms with van der Waals surface area (Å²) in [4.78, 5) is 17.4. The van der Waals surface area contributed by atoms with Crippen molar-refractivity contribution in [3.63, 3.8) is 0 Å². The molecule has 2 aliphatic rings. The molecule has 3 heterocycles. The van der Waals surface area contributed by atoms with Crippen LogP contribution in [0.15, 0.2) is 12.3 Å². The lowest BCUT2D eigenvalue weighted by molar-refractivity contribution is 0.0753. The van der Waals surface area contributed by atoms with Crippen LogP contribution < -0.4 is 5.32 Å². The highest BCUT2D eigenvalue weighted by molar-refractivity contribution is 14.1. The monoisotopic (exact) mass is 395 g/mol. The number of nitrogens with zero attached hydrogens (tertiary/aromatic N) is 1. The van der Waals surface area contributed by atoms with E-state index in [2.05, 4.69) is 32.9 Å². The molecule has 106 valence electrons. The van der Waals surface area contributed by atoms with Gasteiger partial charge in [-0.1, -0.05) is 0 Å². The largest absolute Gasteiger partial charge is 0.356 e. The fourth-order valence-corrected chi connectivity index (χ4v) is 3.55. The lowest BCUT2D eigenvalue weighted by Gasteiger charge is -2.20. The molecule has 0 bridgehead atoms. The first-order valence-electron chi connectivity index (χ1n) is 6.58. The highest BCUT2D eigenvalue weighted by atomic mass is 127. The molecular weight excluding hydrogens is 377 g/mol. The van der Waals surface area contributed by atoms with Crippen molar-refractivity contribution in [1.29, 1.82) is 0 Å².